The Morgan fingerprint density at radius 1 is 1.44 bits per heavy atom. The van der Waals surface area contributed by atoms with E-state index in [0.717, 1.165) is 26.3 Å². The normalized spacial score (nSPS) is 18.1. The molecule has 3 nitrogen and oxygen atoms in total. The Labute approximate surface area is 102 Å². The molecule has 0 amide bonds. The van der Waals surface area contributed by atoms with Crippen LogP contribution in [0.1, 0.15) is 4.88 Å². The van der Waals surface area contributed by atoms with Gasteiger partial charge in [-0.2, -0.15) is 0 Å². The second kappa shape index (κ2) is 6.35. The standard InChI is InChI=1S/C12H21N3S/c1-14(7-4-12-3-2-10-16-12)11-15-8-5-13-6-9-15/h2-3,10,13H,4-9,11H2,1H3. The van der Waals surface area contributed by atoms with Crippen molar-refractivity contribution in [3.05, 3.63) is 22.4 Å². The van der Waals surface area contributed by atoms with Crippen LogP contribution >= 0.6 is 11.3 Å². The molecule has 1 aliphatic rings. The molecule has 1 saturated heterocycles. The van der Waals surface area contributed by atoms with Crippen LogP contribution in [0.15, 0.2) is 17.5 Å². The molecule has 1 aliphatic heterocycles. The lowest BCUT2D eigenvalue weighted by Gasteiger charge is -2.31. The van der Waals surface area contributed by atoms with E-state index in [1.54, 1.807) is 0 Å². The van der Waals surface area contributed by atoms with Crippen molar-refractivity contribution in [3.8, 4) is 0 Å². The van der Waals surface area contributed by atoms with Crippen LogP contribution in [0, 0.1) is 0 Å². The van der Waals surface area contributed by atoms with E-state index in [4.69, 9.17) is 0 Å². The van der Waals surface area contributed by atoms with Gasteiger partial charge in [-0.05, 0) is 24.9 Å². The van der Waals surface area contributed by atoms with Crippen molar-refractivity contribution in [2.24, 2.45) is 0 Å². The lowest BCUT2D eigenvalue weighted by atomic mass is 10.3. The van der Waals surface area contributed by atoms with E-state index in [-0.39, 0.29) is 0 Å². The van der Waals surface area contributed by atoms with E-state index in [9.17, 15) is 0 Å². The number of nitrogens with one attached hydrogen (secondary N) is 1. The van der Waals surface area contributed by atoms with Gasteiger partial charge in [-0.1, -0.05) is 6.07 Å². The van der Waals surface area contributed by atoms with E-state index in [0.29, 0.717) is 0 Å². The molecule has 4 heteroatoms. The van der Waals surface area contributed by atoms with Gasteiger partial charge in [-0.25, -0.2) is 0 Å². The Morgan fingerprint density at radius 2 is 2.25 bits per heavy atom. The molecule has 0 aliphatic carbocycles. The SMILES string of the molecule is CN(CCc1cccs1)CN1CCNCC1. The predicted molar refractivity (Wildman–Crippen MR) is 70.0 cm³/mol. The van der Waals surface area contributed by atoms with Gasteiger partial charge in [-0.15, -0.1) is 11.3 Å². The Balaban J connectivity index is 1.65. The molecule has 1 aromatic rings. The summed E-state index contributed by atoms with van der Waals surface area (Å²) < 4.78 is 0. The first-order valence-electron chi connectivity index (χ1n) is 5.98. The maximum atomic E-state index is 3.38. The molecule has 2 heterocycles. The maximum absolute atomic E-state index is 3.38. The lowest BCUT2D eigenvalue weighted by Crippen LogP contribution is -2.47. The van der Waals surface area contributed by atoms with Crippen LogP contribution < -0.4 is 5.32 Å². The van der Waals surface area contributed by atoms with Crippen molar-refractivity contribution in [1.82, 2.24) is 15.1 Å². The largest absolute Gasteiger partial charge is 0.314 e. The quantitative estimate of drug-likeness (QED) is 0.830. The summed E-state index contributed by atoms with van der Waals surface area (Å²) in [4.78, 5) is 6.43. The smallest absolute Gasteiger partial charge is 0.0504 e. The molecule has 2 rings (SSSR count). The molecule has 0 bridgehead atoms. The molecular formula is C12H21N3S. The van der Waals surface area contributed by atoms with E-state index >= 15 is 0 Å². The van der Waals surface area contributed by atoms with Gasteiger partial charge in [0, 0.05) is 37.6 Å². The van der Waals surface area contributed by atoms with Gasteiger partial charge >= 0.3 is 0 Å². The summed E-state index contributed by atoms with van der Waals surface area (Å²) in [6.07, 6.45) is 1.18. The number of hydrogen-bond donors (Lipinski definition) is 1. The van der Waals surface area contributed by atoms with Crippen LogP contribution in [0.3, 0.4) is 0 Å². The molecule has 90 valence electrons. The molecule has 0 aromatic carbocycles. The lowest BCUT2D eigenvalue weighted by molar-refractivity contribution is 0.141. The third-order valence-electron chi connectivity index (χ3n) is 2.97. The summed E-state index contributed by atoms with van der Waals surface area (Å²) in [5.41, 5.74) is 0. The monoisotopic (exact) mass is 239 g/mol. The fraction of sp³-hybridized carbons (Fsp3) is 0.667. The Morgan fingerprint density at radius 3 is 2.94 bits per heavy atom. The second-order valence-electron chi connectivity index (χ2n) is 4.42. The summed E-state index contributed by atoms with van der Waals surface area (Å²) in [6, 6.07) is 4.36. The fourth-order valence-electron chi connectivity index (χ4n) is 2.02. The molecule has 1 fully saturated rings. The van der Waals surface area contributed by atoms with Gasteiger partial charge in [0.15, 0.2) is 0 Å². The number of nitrogens with zero attached hydrogens (tertiary/aromatic N) is 2. The number of thiophene rings is 1. The molecule has 16 heavy (non-hydrogen) atoms. The minimum Gasteiger partial charge on any atom is -0.314 e. The minimum atomic E-state index is 1.10. The van der Waals surface area contributed by atoms with E-state index in [2.05, 4.69) is 39.7 Å². The van der Waals surface area contributed by atoms with Gasteiger partial charge in [-0.3, -0.25) is 9.80 Å². The van der Waals surface area contributed by atoms with Crippen LogP contribution in [0.25, 0.3) is 0 Å². The number of rotatable bonds is 5. The minimum absolute atomic E-state index is 1.10. The summed E-state index contributed by atoms with van der Waals surface area (Å²) in [5, 5.41) is 5.54. The summed E-state index contributed by atoms with van der Waals surface area (Å²) in [5.74, 6) is 0. The maximum Gasteiger partial charge on any atom is 0.0504 e. The fourth-order valence-corrected chi connectivity index (χ4v) is 2.72. The Hall–Kier alpha value is -0.420. The van der Waals surface area contributed by atoms with Crippen molar-refractivity contribution in [3.63, 3.8) is 0 Å². The van der Waals surface area contributed by atoms with Crippen molar-refractivity contribution in [1.29, 1.82) is 0 Å². The molecular weight excluding hydrogens is 218 g/mol. The predicted octanol–water partition coefficient (Wildman–Crippen LogP) is 1.09. The first-order valence-corrected chi connectivity index (χ1v) is 6.86. The molecule has 1 N–H and O–H groups in total. The molecule has 0 spiro atoms. The number of likely N-dealkylation sites (N-methyl/N-ethyl adjacent to an activating group) is 1. The summed E-state index contributed by atoms with van der Waals surface area (Å²) in [6.45, 7) is 6.90. The van der Waals surface area contributed by atoms with Crippen molar-refractivity contribution < 1.29 is 0 Å². The van der Waals surface area contributed by atoms with Crippen molar-refractivity contribution in [2.75, 3.05) is 46.4 Å². The highest BCUT2D eigenvalue weighted by Crippen LogP contribution is 2.09. The summed E-state index contributed by atoms with van der Waals surface area (Å²) >= 11 is 1.86. The molecule has 0 saturated carbocycles. The van der Waals surface area contributed by atoms with E-state index in [1.807, 2.05) is 11.3 Å². The van der Waals surface area contributed by atoms with Crippen LogP contribution in [-0.4, -0.2) is 56.2 Å². The van der Waals surface area contributed by atoms with Crippen LogP contribution in [0.2, 0.25) is 0 Å². The Kier molecular flexibility index (Phi) is 4.78. The molecule has 0 unspecified atom stereocenters. The van der Waals surface area contributed by atoms with Crippen molar-refractivity contribution >= 4 is 11.3 Å². The number of piperazine rings is 1. The van der Waals surface area contributed by atoms with Gasteiger partial charge in [0.25, 0.3) is 0 Å². The zero-order valence-corrected chi connectivity index (χ0v) is 10.8. The average molecular weight is 239 g/mol. The topological polar surface area (TPSA) is 18.5 Å². The third kappa shape index (κ3) is 3.87. The van der Waals surface area contributed by atoms with Gasteiger partial charge in [0.1, 0.15) is 0 Å². The van der Waals surface area contributed by atoms with E-state index in [1.165, 1.54) is 24.4 Å². The highest BCUT2D eigenvalue weighted by atomic mass is 32.1. The van der Waals surface area contributed by atoms with Crippen LogP contribution in [-0.2, 0) is 6.42 Å². The van der Waals surface area contributed by atoms with Gasteiger partial charge in [0.2, 0.25) is 0 Å². The second-order valence-corrected chi connectivity index (χ2v) is 5.45. The highest BCUT2D eigenvalue weighted by molar-refractivity contribution is 7.09. The first kappa shape index (κ1) is 12.0. The number of hydrogen-bond acceptors (Lipinski definition) is 4. The molecule has 1 aromatic heterocycles. The van der Waals surface area contributed by atoms with Gasteiger partial charge < -0.3 is 5.32 Å². The van der Waals surface area contributed by atoms with Gasteiger partial charge in [0.05, 0.1) is 6.67 Å². The van der Waals surface area contributed by atoms with Crippen molar-refractivity contribution in [2.45, 2.75) is 6.42 Å². The average Bonchev–Trinajstić information content (AvgIpc) is 2.81. The zero-order valence-electron chi connectivity index (χ0n) is 9.98. The highest BCUT2D eigenvalue weighted by Gasteiger charge is 2.11. The molecule has 0 radical (unpaired) electrons. The van der Waals surface area contributed by atoms with Crippen LogP contribution in [0.5, 0.6) is 0 Å². The molecule has 0 atom stereocenters. The Bertz CT molecular complexity index is 280. The van der Waals surface area contributed by atoms with Crippen LogP contribution in [0.4, 0.5) is 0 Å². The third-order valence-corrected chi connectivity index (χ3v) is 3.91. The first-order chi connectivity index (χ1) is 7.84. The zero-order chi connectivity index (χ0) is 11.2. The summed E-state index contributed by atoms with van der Waals surface area (Å²) in [7, 11) is 2.22. The van der Waals surface area contributed by atoms with E-state index < -0.39 is 0 Å².